The van der Waals surface area contributed by atoms with Crippen molar-refractivity contribution < 1.29 is 4.79 Å². The molecule has 0 spiro atoms. The number of carbonyl (C=O) groups is 1. The first kappa shape index (κ1) is 29.2. The lowest BCUT2D eigenvalue weighted by Gasteiger charge is -2.32. The second-order valence-electron chi connectivity index (χ2n) is 9.75. The monoisotopic (exact) mass is 517 g/mol. The maximum atomic E-state index is 13.1. The molecular formula is C30H43N7O. The molecule has 0 aromatic carbocycles. The van der Waals surface area contributed by atoms with E-state index in [1.54, 1.807) is 6.07 Å². The molecule has 1 unspecified atom stereocenters. The third-order valence-corrected chi connectivity index (χ3v) is 6.96. The van der Waals surface area contributed by atoms with Gasteiger partial charge in [0.15, 0.2) is 5.82 Å². The Morgan fingerprint density at radius 3 is 2.50 bits per heavy atom. The number of hydrogen-bond acceptors (Lipinski definition) is 7. The van der Waals surface area contributed by atoms with Gasteiger partial charge in [0.05, 0.1) is 11.8 Å². The van der Waals surface area contributed by atoms with Crippen LogP contribution in [0.25, 0.3) is 12.2 Å². The number of hydrogen-bond donors (Lipinski definition) is 2. The van der Waals surface area contributed by atoms with E-state index >= 15 is 0 Å². The van der Waals surface area contributed by atoms with Crippen molar-refractivity contribution in [2.24, 2.45) is 0 Å². The predicted molar refractivity (Wildman–Crippen MR) is 158 cm³/mol. The summed E-state index contributed by atoms with van der Waals surface area (Å²) in [6.45, 7) is 15.1. The summed E-state index contributed by atoms with van der Waals surface area (Å²) < 4.78 is 0. The number of aromatic nitrogens is 3. The summed E-state index contributed by atoms with van der Waals surface area (Å²) in [7, 11) is 2.11. The highest BCUT2D eigenvalue weighted by Crippen LogP contribution is 2.15. The number of piperazine rings is 1. The van der Waals surface area contributed by atoms with Crippen LogP contribution in [0.5, 0.6) is 0 Å². The lowest BCUT2D eigenvalue weighted by molar-refractivity contribution is 0.102. The van der Waals surface area contributed by atoms with Gasteiger partial charge in [0, 0.05) is 45.0 Å². The normalized spacial score (nSPS) is 17.2. The highest BCUT2D eigenvalue weighted by atomic mass is 16.1. The molecule has 2 aromatic rings. The van der Waals surface area contributed by atoms with Gasteiger partial charge in [-0.15, -0.1) is 5.10 Å². The van der Waals surface area contributed by atoms with Crippen molar-refractivity contribution in [3.63, 3.8) is 0 Å². The summed E-state index contributed by atoms with van der Waals surface area (Å²) in [6, 6.07) is 4.20. The Bertz CT molecular complexity index is 1260. The van der Waals surface area contributed by atoms with E-state index in [9.17, 15) is 4.79 Å². The molecular weight excluding hydrogens is 474 g/mol. The number of pyridine rings is 1. The quantitative estimate of drug-likeness (QED) is 0.468. The van der Waals surface area contributed by atoms with Crippen molar-refractivity contribution in [1.29, 1.82) is 0 Å². The van der Waals surface area contributed by atoms with Crippen LogP contribution in [0.15, 0.2) is 47.8 Å². The molecule has 1 fully saturated rings. The first-order valence-electron chi connectivity index (χ1n) is 13.7. The van der Waals surface area contributed by atoms with Gasteiger partial charge in [-0.05, 0) is 80.5 Å². The Labute approximate surface area is 227 Å². The van der Waals surface area contributed by atoms with Crippen LogP contribution in [0.4, 0.5) is 11.6 Å². The van der Waals surface area contributed by atoms with Crippen LogP contribution >= 0.6 is 0 Å². The van der Waals surface area contributed by atoms with Crippen LogP contribution in [-0.4, -0.2) is 71.8 Å². The smallest absolute Gasteiger partial charge is 0.258 e. The standard InChI is InChI=1S/C30H43N7O/c1-7-11-25-20-32-28(17-26(25)16-23(9-3)24(10-4)19-31-22(5)8-2)34-30(38)27-18-29(35-33-21-27)37-14-12-36(6)13-15-37/h9-11,16-18,20-22,31H,7-8,12-15,19H2,1-6H3,(H,34,38)/b23-9+,24-10+,25-11+,26-16-. The van der Waals surface area contributed by atoms with Gasteiger partial charge in [0.1, 0.15) is 5.82 Å². The zero-order chi connectivity index (χ0) is 27.5. The van der Waals surface area contributed by atoms with Gasteiger partial charge in [-0.25, -0.2) is 4.98 Å². The molecule has 0 aliphatic carbocycles. The predicted octanol–water partition coefficient (Wildman–Crippen LogP) is 3.13. The number of rotatable bonds is 10. The number of allylic oxidation sites excluding steroid dienone is 2. The fourth-order valence-electron chi connectivity index (χ4n) is 4.25. The molecule has 2 aromatic heterocycles. The van der Waals surface area contributed by atoms with E-state index in [1.165, 1.54) is 11.8 Å². The van der Waals surface area contributed by atoms with E-state index in [2.05, 4.69) is 102 Å². The summed E-state index contributed by atoms with van der Waals surface area (Å²) in [5.41, 5.74) is 2.84. The van der Waals surface area contributed by atoms with E-state index in [1.807, 2.05) is 12.3 Å². The van der Waals surface area contributed by atoms with Gasteiger partial charge in [0.25, 0.3) is 5.91 Å². The zero-order valence-corrected chi connectivity index (χ0v) is 23.8. The molecule has 3 heterocycles. The number of likely N-dealkylation sites (N-methyl/N-ethyl adjacent to an activating group) is 1. The minimum absolute atomic E-state index is 0.251. The van der Waals surface area contributed by atoms with Crippen molar-refractivity contribution in [3.8, 4) is 0 Å². The minimum atomic E-state index is -0.251. The van der Waals surface area contributed by atoms with Crippen LogP contribution in [-0.2, 0) is 0 Å². The van der Waals surface area contributed by atoms with Gasteiger partial charge >= 0.3 is 0 Å². The average Bonchev–Trinajstić information content (AvgIpc) is 2.94. The number of nitrogens with one attached hydrogen (secondary N) is 2. The molecule has 0 bridgehead atoms. The van der Waals surface area contributed by atoms with E-state index in [-0.39, 0.29) is 5.91 Å². The number of amides is 1. The third-order valence-electron chi connectivity index (χ3n) is 6.96. The largest absolute Gasteiger partial charge is 0.353 e. The molecule has 38 heavy (non-hydrogen) atoms. The van der Waals surface area contributed by atoms with Crippen LogP contribution in [0.3, 0.4) is 0 Å². The molecule has 1 saturated heterocycles. The maximum Gasteiger partial charge on any atom is 0.258 e. The Kier molecular flexibility index (Phi) is 11.2. The molecule has 0 saturated carbocycles. The summed E-state index contributed by atoms with van der Waals surface area (Å²) in [6.07, 6.45) is 13.9. The molecule has 8 nitrogen and oxygen atoms in total. The van der Waals surface area contributed by atoms with Crippen LogP contribution in [0, 0.1) is 0 Å². The number of carbonyl (C=O) groups excluding carboxylic acids is 1. The van der Waals surface area contributed by atoms with Crippen LogP contribution < -0.4 is 26.0 Å². The average molecular weight is 518 g/mol. The summed E-state index contributed by atoms with van der Waals surface area (Å²) >= 11 is 0. The number of anilines is 2. The van der Waals surface area contributed by atoms with Crippen molar-refractivity contribution in [2.45, 2.75) is 53.5 Å². The molecule has 1 atom stereocenters. The summed E-state index contributed by atoms with van der Waals surface area (Å²) in [5, 5.41) is 17.0. The SMILES string of the molecule is C/C=C(CNC(C)CC)/C(/C=c1/cc(NC(=O)c2cnnc(N3CCN(C)CC3)c2)nc/c1=C\CC)=C/C. The van der Waals surface area contributed by atoms with Gasteiger partial charge in [-0.1, -0.05) is 32.1 Å². The highest BCUT2D eigenvalue weighted by molar-refractivity contribution is 6.03. The summed E-state index contributed by atoms with van der Waals surface area (Å²) in [4.78, 5) is 22.1. The Balaban J connectivity index is 1.86. The van der Waals surface area contributed by atoms with Crippen molar-refractivity contribution in [1.82, 2.24) is 25.4 Å². The van der Waals surface area contributed by atoms with E-state index in [0.717, 1.165) is 67.4 Å². The topological polar surface area (TPSA) is 86.3 Å². The Morgan fingerprint density at radius 2 is 1.84 bits per heavy atom. The van der Waals surface area contributed by atoms with Gasteiger partial charge in [-0.2, -0.15) is 5.10 Å². The van der Waals surface area contributed by atoms with E-state index in [4.69, 9.17) is 0 Å². The van der Waals surface area contributed by atoms with E-state index < -0.39 is 0 Å². The van der Waals surface area contributed by atoms with Gasteiger partial charge < -0.3 is 20.4 Å². The van der Waals surface area contributed by atoms with Crippen LogP contribution in [0.2, 0.25) is 0 Å². The first-order chi connectivity index (χ1) is 18.4. The lowest BCUT2D eigenvalue weighted by Crippen LogP contribution is -2.45. The maximum absolute atomic E-state index is 13.1. The van der Waals surface area contributed by atoms with Gasteiger partial charge in [-0.3, -0.25) is 4.79 Å². The molecule has 2 N–H and O–H groups in total. The lowest BCUT2D eigenvalue weighted by atomic mass is 10.0. The number of nitrogens with zero attached hydrogens (tertiary/aromatic N) is 5. The minimum Gasteiger partial charge on any atom is -0.353 e. The summed E-state index contributed by atoms with van der Waals surface area (Å²) in [5.74, 6) is 0.977. The molecule has 8 heteroatoms. The fraction of sp³-hybridized carbons (Fsp3) is 0.467. The Morgan fingerprint density at radius 1 is 1.08 bits per heavy atom. The zero-order valence-electron chi connectivity index (χ0n) is 23.8. The molecule has 3 rings (SSSR count). The van der Waals surface area contributed by atoms with Crippen molar-refractivity contribution in [2.75, 3.05) is 50.0 Å². The fourth-order valence-corrected chi connectivity index (χ4v) is 4.25. The second kappa shape index (κ2) is 14.5. The molecule has 204 valence electrons. The first-order valence-corrected chi connectivity index (χ1v) is 13.7. The van der Waals surface area contributed by atoms with E-state index in [0.29, 0.717) is 17.4 Å². The van der Waals surface area contributed by atoms with Gasteiger partial charge in [0.2, 0.25) is 0 Å². The molecule has 1 amide bonds. The second-order valence-corrected chi connectivity index (χ2v) is 9.75. The van der Waals surface area contributed by atoms with Crippen molar-refractivity contribution >= 4 is 29.7 Å². The van der Waals surface area contributed by atoms with Crippen molar-refractivity contribution in [3.05, 3.63) is 63.8 Å². The molecule has 1 aliphatic heterocycles. The molecule has 1 aliphatic rings. The third kappa shape index (κ3) is 8.07. The molecule has 0 radical (unpaired) electrons. The Hall–Kier alpha value is -3.36. The highest BCUT2D eigenvalue weighted by Gasteiger charge is 2.17. The van der Waals surface area contributed by atoms with Crippen LogP contribution in [0.1, 0.15) is 57.8 Å².